The lowest BCUT2D eigenvalue weighted by molar-refractivity contribution is -0.127. The second-order valence-electron chi connectivity index (χ2n) is 5.79. The highest BCUT2D eigenvalue weighted by molar-refractivity contribution is 6.04. The number of aliphatic imine (C=N–C) groups is 1. The molecule has 1 aliphatic rings. The predicted octanol–water partition coefficient (Wildman–Crippen LogP) is 1.56. The lowest BCUT2D eigenvalue weighted by Gasteiger charge is -2.25. The quantitative estimate of drug-likeness (QED) is 0.867. The fourth-order valence-corrected chi connectivity index (χ4v) is 2.65. The van der Waals surface area contributed by atoms with Crippen LogP contribution in [0.15, 0.2) is 47.6 Å². The second-order valence-corrected chi connectivity index (χ2v) is 5.79. The van der Waals surface area contributed by atoms with E-state index in [0.717, 1.165) is 5.56 Å². The molecule has 1 atom stereocenters. The number of carbonyl (C=O) groups is 2. The molecule has 134 valence electrons. The van der Waals surface area contributed by atoms with Crippen LogP contribution in [0.5, 0.6) is 5.75 Å². The van der Waals surface area contributed by atoms with Crippen molar-refractivity contribution in [3.8, 4) is 5.75 Å². The summed E-state index contributed by atoms with van der Waals surface area (Å²) < 4.78 is 5.16. The molecule has 2 amide bonds. The van der Waals surface area contributed by atoms with Crippen LogP contribution in [0.25, 0.3) is 0 Å². The minimum atomic E-state index is -0.387. The Morgan fingerprint density at radius 3 is 2.88 bits per heavy atom. The van der Waals surface area contributed by atoms with E-state index in [1.165, 1.54) is 18.2 Å². The molecule has 3 rings (SSSR count). The number of nitrogens with zero attached hydrogens (tertiary/aromatic N) is 3. The number of amides is 2. The van der Waals surface area contributed by atoms with Crippen LogP contribution in [0, 0.1) is 0 Å². The Balaban J connectivity index is 1.82. The first-order valence-corrected chi connectivity index (χ1v) is 7.99. The highest BCUT2D eigenvalue weighted by Gasteiger charge is 2.26. The first kappa shape index (κ1) is 17.4. The molecule has 2 aromatic rings. The number of hydrogen-bond donors (Lipinski definition) is 2. The largest absolute Gasteiger partial charge is 0.494 e. The van der Waals surface area contributed by atoms with Crippen molar-refractivity contribution in [1.29, 1.82) is 0 Å². The van der Waals surface area contributed by atoms with Gasteiger partial charge in [0.05, 0.1) is 19.6 Å². The summed E-state index contributed by atoms with van der Waals surface area (Å²) in [5, 5.41) is 2.79. The van der Waals surface area contributed by atoms with Crippen LogP contribution in [0.1, 0.15) is 28.5 Å². The summed E-state index contributed by atoms with van der Waals surface area (Å²) in [6.07, 6.45) is 1.75. The Hall–Kier alpha value is -3.42. The van der Waals surface area contributed by atoms with Gasteiger partial charge in [0.1, 0.15) is 5.75 Å². The molecule has 8 heteroatoms. The van der Waals surface area contributed by atoms with Gasteiger partial charge in [-0.3, -0.25) is 14.5 Å². The summed E-state index contributed by atoms with van der Waals surface area (Å²) in [5.41, 5.74) is 7.34. The molecule has 0 spiro atoms. The van der Waals surface area contributed by atoms with Crippen LogP contribution in [0.3, 0.4) is 0 Å². The number of nitrogens with two attached hydrogens (primary N) is 1. The van der Waals surface area contributed by atoms with Crippen molar-refractivity contribution in [1.82, 2.24) is 9.88 Å². The lowest BCUT2D eigenvalue weighted by Crippen LogP contribution is -2.42. The first-order valence-electron chi connectivity index (χ1n) is 7.99. The smallest absolute Gasteiger partial charge is 0.278 e. The third-order valence-corrected chi connectivity index (χ3v) is 4.11. The van der Waals surface area contributed by atoms with Gasteiger partial charge in [0, 0.05) is 18.9 Å². The molecule has 0 saturated carbocycles. The maximum absolute atomic E-state index is 12.5. The fraction of sp³-hybridized carbons (Fsp3) is 0.222. The van der Waals surface area contributed by atoms with Gasteiger partial charge in [-0.15, -0.1) is 0 Å². The molecule has 1 aliphatic heterocycles. The van der Waals surface area contributed by atoms with Crippen LogP contribution >= 0.6 is 0 Å². The second kappa shape index (κ2) is 7.22. The molecule has 8 nitrogen and oxygen atoms in total. The first-order chi connectivity index (χ1) is 12.5. The number of nitrogens with one attached hydrogen (secondary N) is 1. The van der Waals surface area contributed by atoms with Crippen molar-refractivity contribution in [3.63, 3.8) is 0 Å². The molecular weight excluding hydrogens is 334 g/mol. The molecule has 26 heavy (non-hydrogen) atoms. The minimum absolute atomic E-state index is 0.102. The SMILES string of the molecule is COc1cccnc1C(=O)Nc1cccc(C2CC(=O)N(C)C(N)=N2)c1. The number of carbonyl (C=O) groups excluding carboxylic acids is 2. The molecular formula is C18H19N5O3. The molecule has 1 aromatic heterocycles. The van der Waals surface area contributed by atoms with Crippen molar-refractivity contribution in [2.45, 2.75) is 12.5 Å². The molecule has 0 bridgehead atoms. The Labute approximate surface area is 150 Å². The average molecular weight is 353 g/mol. The zero-order valence-corrected chi connectivity index (χ0v) is 14.5. The highest BCUT2D eigenvalue weighted by Crippen LogP contribution is 2.27. The topological polar surface area (TPSA) is 110 Å². The molecule has 0 radical (unpaired) electrons. The minimum Gasteiger partial charge on any atom is -0.494 e. The Kier molecular flexibility index (Phi) is 4.83. The van der Waals surface area contributed by atoms with E-state index in [2.05, 4.69) is 15.3 Å². The number of rotatable bonds is 4. The standard InChI is InChI=1S/C18H19N5O3/c1-23-15(24)10-13(22-18(23)19)11-5-3-6-12(9-11)21-17(25)16-14(26-2)7-4-8-20-16/h3-9,13H,10H2,1-2H3,(H2,19,22)(H,21,25). The monoisotopic (exact) mass is 353 g/mol. The molecule has 3 N–H and O–H groups in total. The van der Waals surface area contributed by atoms with Crippen molar-refractivity contribution < 1.29 is 14.3 Å². The van der Waals surface area contributed by atoms with Gasteiger partial charge in [-0.2, -0.15) is 0 Å². The molecule has 0 fully saturated rings. The number of hydrogen-bond acceptors (Lipinski definition) is 6. The Morgan fingerprint density at radius 2 is 2.15 bits per heavy atom. The lowest BCUT2D eigenvalue weighted by atomic mass is 10.0. The molecule has 1 unspecified atom stereocenters. The van der Waals surface area contributed by atoms with Crippen LogP contribution < -0.4 is 15.8 Å². The zero-order valence-electron chi connectivity index (χ0n) is 14.5. The predicted molar refractivity (Wildman–Crippen MR) is 96.9 cm³/mol. The van der Waals surface area contributed by atoms with Gasteiger partial charge < -0.3 is 15.8 Å². The normalized spacial score (nSPS) is 16.8. The van der Waals surface area contributed by atoms with Crippen LogP contribution in [0.4, 0.5) is 5.69 Å². The van der Waals surface area contributed by atoms with E-state index in [4.69, 9.17) is 10.5 Å². The van der Waals surface area contributed by atoms with E-state index in [1.54, 1.807) is 37.4 Å². The fourth-order valence-electron chi connectivity index (χ4n) is 2.65. The number of ether oxygens (including phenoxy) is 1. The van der Waals surface area contributed by atoms with Gasteiger partial charge in [-0.1, -0.05) is 12.1 Å². The van der Waals surface area contributed by atoms with Crippen LogP contribution in [-0.4, -0.2) is 41.8 Å². The summed E-state index contributed by atoms with van der Waals surface area (Å²) in [6.45, 7) is 0. The maximum atomic E-state index is 12.5. The third kappa shape index (κ3) is 3.49. The zero-order chi connectivity index (χ0) is 18.7. The number of anilines is 1. The van der Waals surface area contributed by atoms with E-state index < -0.39 is 0 Å². The number of methoxy groups -OCH3 is 1. The molecule has 0 aliphatic carbocycles. The summed E-state index contributed by atoms with van der Waals surface area (Å²) in [7, 11) is 3.07. The molecule has 0 saturated heterocycles. The van der Waals surface area contributed by atoms with Gasteiger partial charge in [0.15, 0.2) is 11.7 Å². The van der Waals surface area contributed by atoms with E-state index >= 15 is 0 Å². The summed E-state index contributed by atoms with van der Waals surface area (Å²) in [5.74, 6) is 0.0792. The van der Waals surface area contributed by atoms with Crippen molar-refractivity contribution in [3.05, 3.63) is 53.9 Å². The van der Waals surface area contributed by atoms with Gasteiger partial charge in [-0.05, 0) is 29.8 Å². The maximum Gasteiger partial charge on any atom is 0.278 e. The third-order valence-electron chi connectivity index (χ3n) is 4.11. The van der Waals surface area contributed by atoms with Crippen LogP contribution in [0.2, 0.25) is 0 Å². The summed E-state index contributed by atoms with van der Waals surface area (Å²) in [6, 6.07) is 10.1. The van der Waals surface area contributed by atoms with Crippen molar-refractivity contribution in [2.24, 2.45) is 10.7 Å². The summed E-state index contributed by atoms with van der Waals surface area (Å²) >= 11 is 0. The van der Waals surface area contributed by atoms with E-state index in [1.807, 2.05) is 6.07 Å². The van der Waals surface area contributed by atoms with Crippen molar-refractivity contribution >= 4 is 23.5 Å². The number of aromatic nitrogens is 1. The number of benzene rings is 1. The van der Waals surface area contributed by atoms with E-state index in [-0.39, 0.29) is 35.9 Å². The van der Waals surface area contributed by atoms with Gasteiger partial charge >= 0.3 is 0 Å². The van der Waals surface area contributed by atoms with E-state index in [9.17, 15) is 9.59 Å². The van der Waals surface area contributed by atoms with Crippen LogP contribution in [-0.2, 0) is 4.79 Å². The Morgan fingerprint density at radius 1 is 1.35 bits per heavy atom. The molecule has 1 aromatic carbocycles. The van der Waals surface area contributed by atoms with Gasteiger partial charge in [-0.25, -0.2) is 9.98 Å². The Bertz CT molecular complexity index is 881. The number of pyridine rings is 1. The summed E-state index contributed by atoms with van der Waals surface area (Å²) in [4.78, 5) is 34.2. The van der Waals surface area contributed by atoms with E-state index in [0.29, 0.717) is 11.4 Å². The molecule has 2 heterocycles. The van der Waals surface area contributed by atoms with Gasteiger partial charge in [0.2, 0.25) is 5.91 Å². The highest BCUT2D eigenvalue weighted by atomic mass is 16.5. The average Bonchev–Trinajstić information content (AvgIpc) is 2.65. The van der Waals surface area contributed by atoms with Crippen molar-refractivity contribution in [2.75, 3.05) is 19.5 Å². The van der Waals surface area contributed by atoms with Gasteiger partial charge in [0.25, 0.3) is 5.91 Å². The number of guanidine groups is 1.